The van der Waals surface area contributed by atoms with E-state index >= 15 is 0 Å². The number of hydrogen-bond acceptors (Lipinski definition) is 5. The Kier molecular flexibility index (Phi) is 5.81. The van der Waals surface area contributed by atoms with Crippen LogP contribution in [0.15, 0.2) is 65.1 Å². The zero-order valence-corrected chi connectivity index (χ0v) is 16.6. The fraction of sp³-hybridized carbons (Fsp3) is 0. The molecular formula is C18H12IN3O4S. The zero-order chi connectivity index (χ0) is 19.4. The first-order chi connectivity index (χ1) is 12.9. The number of nitro benzene ring substituents is 1. The molecule has 1 heterocycles. The Morgan fingerprint density at radius 1 is 1.11 bits per heavy atom. The smallest absolute Gasteiger partial charge is 0.293 e. The molecule has 2 aromatic carbocycles. The fourth-order valence-corrected chi connectivity index (χ4v) is 2.82. The lowest BCUT2D eigenvalue weighted by atomic mass is 10.1. The molecule has 0 bridgehead atoms. The van der Waals surface area contributed by atoms with Gasteiger partial charge < -0.3 is 9.73 Å². The number of hydrogen-bond donors (Lipinski definition) is 2. The molecule has 0 atom stereocenters. The summed E-state index contributed by atoms with van der Waals surface area (Å²) in [5.41, 5.74) is 1.19. The maximum atomic E-state index is 12.3. The summed E-state index contributed by atoms with van der Waals surface area (Å²) in [6, 6.07) is 16.5. The van der Waals surface area contributed by atoms with Gasteiger partial charge in [0.25, 0.3) is 11.6 Å². The van der Waals surface area contributed by atoms with Crippen molar-refractivity contribution in [1.29, 1.82) is 0 Å². The molecule has 3 rings (SSSR count). The van der Waals surface area contributed by atoms with Gasteiger partial charge in [-0.1, -0.05) is 12.1 Å². The zero-order valence-electron chi connectivity index (χ0n) is 13.6. The lowest BCUT2D eigenvalue weighted by molar-refractivity contribution is -0.384. The number of anilines is 1. The maximum absolute atomic E-state index is 12.3. The third kappa shape index (κ3) is 4.89. The molecule has 1 amide bonds. The second-order valence-corrected chi connectivity index (χ2v) is 7.04. The molecule has 0 fully saturated rings. The van der Waals surface area contributed by atoms with Crippen LogP contribution in [0.5, 0.6) is 0 Å². The number of carbonyl (C=O) groups is 1. The Labute approximate surface area is 173 Å². The van der Waals surface area contributed by atoms with E-state index in [1.165, 1.54) is 18.2 Å². The van der Waals surface area contributed by atoms with Crippen LogP contribution < -0.4 is 10.6 Å². The highest BCUT2D eigenvalue weighted by molar-refractivity contribution is 14.1. The Balaban J connectivity index is 1.67. The van der Waals surface area contributed by atoms with Crippen LogP contribution in [0.2, 0.25) is 0 Å². The molecule has 0 saturated carbocycles. The Bertz CT molecular complexity index is 1020. The summed E-state index contributed by atoms with van der Waals surface area (Å²) in [4.78, 5) is 22.7. The van der Waals surface area contributed by atoms with Gasteiger partial charge >= 0.3 is 0 Å². The first kappa shape index (κ1) is 19.0. The summed E-state index contributed by atoms with van der Waals surface area (Å²) in [7, 11) is 0. The molecule has 3 aromatic rings. The number of amides is 1. The molecule has 0 unspecified atom stereocenters. The van der Waals surface area contributed by atoms with Gasteiger partial charge in [-0.3, -0.25) is 20.2 Å². The SMILES string of the molecule is O=C(NC(=S)Nc1ccc(I)cc1)c1ccc(-c2cccc([N+](=O)[O-])c2)o1. The topological polar surface area (TPSA) is 97.4 Å². The number of non-ortho nitro benzene ring substituents is 1. The van der Waals surface area contributed by atoms with Crippen molar-refractivity contribution in [3.63, 3.8) is 0 Å². The van der Waals surface area contributed by atoms with Crippen LogP contribution in [0.25, 0.3) is 11.3 Å². The molecule has 0 spiro atoms. The van der Waals surface area contributed by atoms with E-state index in [0.717, 1.165) is 9.26 Å². The van der Waals surface area contributed by atoms with Gasteiger partial charge in [-0.25, -0.2) is 0 Å². The standard InChI is InChI=1S/C18H12IN3O4S/c19-12-4-6-13(7-5-12)20-18(27)21-17(23)16-9-8-15(26-16)11-2-1-3-14(10-11)22(24)25/h1-10H,(H2,20,21,23,27). The quantitative estimate of drug-likeness (QED) is 0.239. The van der Waals surface area contributed by atoms with E-state index in [-0.39, 0.29) is 16.6 Å². The van der Waals surface area contributed by atoms with Crippen molar-refractivity contribution >= 4 is 57.2 Å². The normalized spacial score (nSPS) is 10.3. The van der Waals surface area contributed by atoms with E-state index < -0.39 is 10.8 Å². The lowest BCUT2D eigenvalue weighted by Gasteiger charge is -2.08. The molecule has 0 aliphatic heterocycles. The van der Waals surface area contributed by atoms with Crippen molar-refractivity contribution in [2.24, 2.45) is 0 Å². The van der Waals surface area contributed by atoms with Crippen LogP contribution in [-0.4, -0.2) is 15.9 Å². The first-order valence-electron chi connectivity index (χ1n) is 7.65. The van der Waals surface area contributed by atoms with Crippen LogP contribution in [0.4, 0.5) is 11.4 Å². The summed E-state index contributed by atoms with van der Waals surface area (Å²) >= 11 is 7.32. The van der Waals surface area contributed by atoms with Crippen molar-refractivity contribution in [2.45, 2.75) is 0 Å². The summed E-state index contributed by atoms with van der Waals surface area (Å²) in [6.07, 6.45) is 0. The average Bonchev–Trinajstić information content (AvgIpc) is 3.14. The molecule has 9 heteroatoms. The number of nitrogens with zero attached hydrogens (tertiary/aromatic N) is 1. The number of furan rings is 1. The molecule has 136 valence electrons. The number of thiocarbonyl (C=S) groups is 1. The predicted octanol–water partition coefficient (Wildman–Crippen LogP) is 4.59. The minimum Gasteiger partial charge on any atom is -0.451 e. The Hall–Kier alpha value is -2.79. The fourth-order valence-electron chi connectivity index (χ4n) is 2.25. The van der Waals surface area contributed by atoms with Crippen molar-refractivity contribution in [3.05, 3.63) is 80.1 Å². The van der Waals surface area contributed by atoms with Gasteiger partial charge in [-0.2, -0.15) is 0 Å². The molecule has 0 radical (unpaired) electrons. The molecule has 1 aromatic heterocycles. The summed E-state index contributed by atoms with van der Waals surface area (Å²) in [6.45, 7) is 0. The highest BCUT2D eigenvalue weighted by Crippen LogP contribution is 2.25. The van der Waals surface area contributed by atoms with E-state index in [1.807, 2.05) is 24.3 Å². The second-order valence-electron chi connectivity index (χ2n) is 5.39. The number of nitro groups is 1. The third-order valence-corrected chi connectivity index (χ3v) is 4.42. The molecule has 27 heavy (non-hydrogen) atoms. The van der Waals surface area contributed by atoms with Crippen molar-refractivity contribution < 1.29 is 14.1 Å². The summed E-state index contributed by atoms with van der Waals surface area (Å²) in [5, 5.41) is 16.4. The first-order valence-corrected chi connectivity index (χ1v) is 9.13. The Morgan fingerprint density at radius 3 is 2.56 bits per heavy atom. The van der Waals surface area contributed by atoms with Crippen LogP contribution in [0.3, 0.4) is 0 Å². The van der Waals surface area contributed by atoms with Gasteiger partial charge in [0.05, 0.1) is 4.92 Å². The molecule has 0 aliphatic carbocycles. The van der Waals surface area contributed by atoms with Gasteiger partial charge in [-0.05, 0) is 71.2 Å². The molecule has 2 N–H and O–H groups in total. The lowest BCUT2D eigenvalue weighted by Crippen LogP contribution is -2.33. The second kappa shape index (κ2) is 8.27. The van der Waals surface area contributed by atoms with Crippen molar-refractivity contribution in [2.75, 3.05) is 5.32 Å². The van der Waals surface area contributed by atoms with Gasteiger partial charge in [0, 0.05) is 27.0 Å². The van der Waals surface area contributed by atoms with Crippen molar-refractivity contribution in [3.8, 4) is 11.3 Å². The predicted molar refractivity (Wildman–Crippen MR) is 114 cm³/mol. The largest absolute Gasteiger partial charge is 0.451 e. The molecule has 7 nitrogen and oxygen atoms in total. The average molecular weight is 493 g/mol. The summed E-state index contributed by atoms with van der Waals surface area (Å²) < 4.78 is 6.59. The minimum absolute atomic E-state index is 0.0447. The van der Waals surface area contributed by atoms with Crippen LogP contribution in [0.1, 0.15) is 10.6 Å². The molecule has 0 saturated heterocycles. The third-order valence-electron chi connectivity index (χ3n) is 3.50. The van der Waals surface area contributed by atoms with Crippen molar-refractivity contribution in [1.82, 2.24) is 5.32 Å². The number of halogens is 1. The number of rotatable bonds is 4. The van der Waals surface area contributed by atoms with E-state index in [2.05, 4.69) is 33.2 Å². The number of benzene rings is 2. The van der Waals surface area contributed by atoms with E-state index in [0.29, 0.717) is 11.3 Å². The van der Waals surface area contributed by atoms with Crippen LogP contribution in [0, 0.1) is 13.7 Å². The highest BCUT2D eigenvalue weighted by atomic mass is 127. The van der Waals surface area contributed by atoms with Crippen LogP contribution >= 0.6 is 34.8 Å². The van der Waals surface area contributed by atoms with Gasteiger partial charge in [-0.15, -0.1) is 0 Å². The van der Waals surface area contributed by atoms with Gasteiger partial charge in [0.15, 0.2) is 10.9 Å². The van der Waals surface area contributed by atoms with E-state index in [4.69, 9.17) is 16.6 Å². The van der Waals surface area contributed by atoms with E-state index in [9.17, 15) is 14.9 Å². The maximum Gasteiger partial charge on any atom is 0.293 e. The van der Waals surface area contributed by atoms with Gasteiger partial charge in [0.2, 0.25) is 0 Å². The monoisotopic (exact) mass is 493 g/mol. The van der Waals surface area contributed by atoms with Crippen LogP contribution in [-0.2, 0) is 0 Å². The minimum atomic E-state index is -0.519. The number of carbonyl (C=O) groups excluding carboxylic acids is 1. The number of nitrogens with one attached hydrogen (secondary N) is 2. The van der Waals surface area contributed by atoms with Gasteiger partial charge in [0.1, 0.15) is 5.76 Å². The summed E-state index contributed by atoms with van der Waals surface area (Å²) in [5.74, 6) is -0.127. The molecular weight excluding hydrogens is 481 g/mol. The highest BCUT2D eigenvalue weighted by Gasteiger charge is 2.15. The van der Waals surface area contributed by atoms with E-state index in [1.54, 1.807) is 18.2 Å². The Morgan fingerprint density at radius 2 is 1.85 bits per heavy atom. The molecule has 0 aliphatic rings.